The monoisotopic (exact) mass is 296 g/mol. The van der Waals surface area contributed by atoms with Crippen molar-refractivity contribution in [2.45, 2.75) is 6.92 Å². The largest absolute Gasteiger partial charge is 0.507 e. The van der Waals surface area contributed by atoms with Crippen LogP contribution in [0, 0.1) is 6.92 Å². The van der Waals surface area contributed by atoms with Crippen molar-refractivity contribution < 1.29 is 14.4 Å². The second-order valence-electron chi connectivity index (χ2n) is 3.44. The molecule has 88 valence electrons. The molecule has 0 saturated carbocycles. The number of aromatic nitrogens is 1. The molecule has 0 spiro atoms. The number of hydrogen-bond donors (Lipinski definition) is 2. The number of halogens is 1. The van der Waals surface area contributed by atoms with E-state index in [1.54, 1.807) is 19.1 Å². The van der Waals surface area contributed by atoms with Crippen molar-refractivity contribution in [2.24, 2.45) is 0 Å². The van der Waals surface area contributed by atoms with Gasteiger partial charge in [-0.3, -0.25) is 4.79 Å². The molecule has 1 aromatic carbocycles. The maximum absolute atomic E-state index is 11.8. The van der Waals surface area contributed by atoms with Gasteiger partial charge in [0.1, 0.15) is 11.5 Å². The highest BCUT2D eigenvalue weighted by Gasteiger charge is 2.13. The van der Waals surface area contributed by atoms with Crippen LogP contribution in [-0.4, -0.2) is 16.2 Å². The molecule has 5 nitrogen and oxygen atoms in total. The highest BCUT2D eigenvalue weighted by molar-refractivity contribution is 9.10. The van der Waals surface area contributed by atoms with E-state index in [2.05, 4.69) is 26.4 Å². The molecule has 0 aliphatic rings. The molecular formula is C11H9BrN2O3. The van der Waals surface area contributed by atoms with Crippen molar-refractivity contribution in [1.29, 1.82) is 0 Å². The van der Waals surface area contributed by atoms with Crippen LogP contribution in [0.4, 0.5) is 5.82 Å². The summed E-state index contributed by atoms with van der Waals surface area (Å²) in [5.41, 5.74) is 0.167. The van der Waals surface area contributed by atoms with Gasteiger partial charge in [-0.1, -0.05) is 21.1 Å². The van der Waals surface area contributed by atoms with Gasteiger partial charge in [0.05, 0.1) is 5.56 Å². The molecule has 1 aromatic heterocycles. The lowest BCUT2D eigenvalue weighted by molar-refractivity contribution is 0.102. The molecule has 0 radical (unpaired) electrons. The Kier molecular flexibility index (Phi) is 3.14. The van der Waals surface area contributed by atoms with Crippen LogP contribution in [0.5, 0.6) is 5.75 Å². The number of carbonyl (C=O) groups excluding carboxylic acids is 1. The predicted octanol–water partition coefficient (Wildman–Crippen LogP) is 2.70. The quantitative estimate of drug-likeness (QED) is 0.893. The van der Waals surface area contributed by atoms with Crippen molar-refractivity contribution in [3.63, 3.8) is 0 Å². The fourth-order valence-electron chi connectivity index (χ4n) is 1.30. The fraction of sp³-hybridized carbons (Fsp3) is 0.0909. The number of aryl methyl sites for hydroxylation is 1. The van der Waals surface area contributed by atoms with Gasteiger partial charge in [-0.15, -0.1) is 0 Å². The number of anilines is 1. The molecule has 0 aliphatic carbocycles. The van der Waals surface area contributed by atoms with Gasteiger partial charge in [-0.05, 0) is 25.1 Å². The third kappa shape index (κ3) is 2.65. The number of rotatable bonds is 2. The Hall–Kier alpha value is -1.82. The number of carbonyl (C=O) groups is 1. The third-order valence-corrected chi connectivity index (χ3v) is 2.57. The first-order valence-electron chi connectivity index (χ1n) is 4.79. The van der Waals surface area contributed by atoms with E-state index in [1.165, 1.54) is 12.1 Å². The standard InChI is InChI=1S/C11H9BrN2O3/c1-6-4-10(14-17-6)13-11(16)8-5-7(12)2-3-9(8)15/h2-5,15H,1H3,(H,13,14,16). The summed E-state index contributed by atoms with van der Waals surface area (Å²) in [4.78, 5) is 11.8. The number of phenols is 1. The van der Waals surface area contributed by atoms with Gasteiger partial charge in [0, 0.05) is 10.5 Å². The lowest BCUT2D eigenvalue weighted by Gasteiger charge is -2.04. The van der Waals surface area contributed by atoms with Gasteiger partial charge in [0.2, 0.25) is 0 Å². The van der Waals surface area contributed by atoms with Gasteiger partial charge in [0.15, 0.2) is 5.82 Å². The maximum atomic E-state index is 11.8. The van der Waals surface area contributed by atoms with Crippen molar-refractivity contribution >= 4 is 27.7 Å². The van der Waals surface area contributed by atoms with E-state index < -0.39 is 5.91 Å². The van der Waals surface area contributed by atoms with E-state index in [-0.39, 0.29) is 11.3 Å². The molecule has 0 atom stereocenters. The van der Waals surface area contributed by atoms with Crippen molar-refractivity contribution in [2.75, 3.05) is 5.32 Å². The van der Waals surface area contributed by atoms with Gasteiger partial charge < -0.3 is 14.9 Å². The van der Waals surface area contributed by atoms with Gasteiger partial charge in [0.25, 0.3) is 5.91 Å². The molecular weight excluding hydrogens is 288 g/mol. The minimum Gasteiger partial charge on any atom is -0.507 e. The number of benzene rings is 1. The van der Waals surface area contributed by atoms with Gasteiger partial charge in [-0.25, -0.2) is 0 Å². The average molecular weight is 297 g/mol. The summed E-state index contributed by atoms with van der Waals surface area (Å²) in [7, 11) is 0. The number of amides is 1. The highest BCUT2D eigenvalue weighted by Crippen LogP contribution is 2.22. The predicted molar refractivity (Wildman–Crippen MR) is 65.0 cm³/mol. The van der Waals surface area contributed by atoms with Crippen molar-refractivity contribution in [3.8, 4) is 5.75 Å². The summed E-state index contributed by atoms with van der Waals surface area (Å²) in [6.45, 7) is 1.72. The molecule has 1 heterocycles. The zero-order valence-corrected chi connectivity index (χ0v) is 10.5. The minimum absolute atomic E-state index is 0.0917. The maximum Gasteiger partial charge on any atom is 0.260 e. The van der Waals surface area contributed by atoms with Crippen LogP contribution < -0.4 is 5.32 Å². The van der Waals surface area contributed by atoms with E-state index in [4.69, 9.17) is 4.52 Å². The Morgan fingerprint density at radius 1 is 1.47 bits per heavy atom. The molecule has 2 N–H and O–H groups in total. The first-order chi connectivity index (χ1) is 8.06. The SMILES string of the molecule is Cc1cc(NC(=O)c2cc(Br)ccc2O)no1. The summed E-state index contributed by atoms with van der Waals surface area (Å²) >= 11 is 3.23. The molecule has 6 heteroatoms. The second-order valence-corrected chi connectivity index (χ2v) is 4.35. The fourth-order valence-corrected chi connectivity index (χ4v) is 1.66. The number of nitrogens with zero attached hydrogens (tertiary/aromatic N) is 1. The number of aromatic hydroxyl groups is 1. The van der Waals surface area contributed by atoms with Crippen LogP contribution in [0.2, 0.25) is 0 Å². The van der Waals surface area contributed by atoms with E-state index in [9.17, 15) is 9.90 Å². The summed E-state index contributed by atoms with van der Waals surface area (Å²) in [5.74, 6) is 0.369. The van der Waals surface area contributed by atoms with E-state index in [0.717, 1.165) is 0 Å². The average Bonchev–Trinajstić information content (AvgIpc) is 2.67. The molecule has 0 saturated heterocycles. The molecule has 2 rings (SSSR count). The highest BCUT2D eigenvalue weighted by atomic mass is 79.9. The lowest BCUT2D eigenvalue weighted by atomic mass is 10.2. The molecule has 17 heavy (non-hydrogen) atoms. The van der Waals surface area contributed by atoms with Gasteiger partial charge >= 0.3 is 0 Å². The minimum atomic E-state index is -0.447. The van der Waals surface area contributed by atoms with Crippen LogP contribution in [0.15, 0.2) is 33.3 Å². The molecule has 0 bridgehead atoms. The summed E-state index contributed by atoms with van der Waals surface area (Å²) < 4.78 is 5.52. The van der Waals surface area contributed by atoms with E-state index in [1.807, 2.05) is 0 Å². The number of nitrogens with one attached hydrogen (secondary N) is 1. The van der Waals surface area contributed by atoms with Crippen molar-refractivity contribution in [3.05, 3.63) is 40.1 Å². The van der Waals surface area contributed by atoms with E-state index in [0.29, 0.717) is 16.1 Å². The number of phenolic OH excluding ortho intramolecular Hbond substituents is 1. The summed E-state index contributed by atoms with van der Waals surface area (Å²) in [5, 5.41) is 15.7. The Bertz CT molecular complexity index is 566. The van der Waals surface area contributed by atoms with Crippen LogP contribution in [0.25, 0.3) is 0 Å². The van der Waals surface area contributed by atoms with Crippen LogP contribution in [-0.2, 0) is 0 Å². The normalized spacial score (nSPS) is 10.2. The van der Waals surface area contributed by atoms with E-state index >= 15 is 0 Å². The lowest BCUT2D eigenvalue weighted by Crippen LogP contribution is -2.12. The molecule has 0 aliphatic heterocycles. The molecule has 0 fully saturated rings. The molecule has 1 amide bonds. The van der Waals surface area contributed by atoms with Crippen LogP contribution in [0.1, 0.15) is 16.1 Å². The van der Waals surface area contributed by atoms with Crippen LogP contribution in [0.3, 0.4) is 0 Å². The zero-order chi connectivity index (χ0) is 12.4. The summed E-state index contributed by atoms with van der Waals surface area (Å²) in [6.07, 6.45) is 0. The third-order valence-electron chi connectivity index (χ3n) is 2.07. The zero-order valence-electron chi connectivity index (χ0n) is 8.90. The first kappa shape index (κ1) is 11.7. The Morgan fingerprint density at radius 3 is 2.88 bits per heavy atom. The molecule has 2 aromatic rings. The Labute approximate surface area is 106 Å². The van der Waals surface area contributed by atoms with Crippen LogP contribution >= 0.6 is 15.9 Å². The number of hydrogen-bond acceptors (Lipinski definition) is 4. The summed E-state index contributed by atoms with van der Waals surface area (Å²) in [6, 6.07) is 6.20. The Balaban J connectivity index is 2.22. The topological polar surface area (TPSA) is 75.4 Å². The molecule has 0 unspecified atom stereocenters. The first-order valence-corrected chi connectivity index (χ1v) is 5.59. The van der Waals surface area contributed by atoms with Gasteiger partial charge in [-0.2, -0.15) is 0 Å². The second kappa shape index (κ2) is 4.58. The Morgan fingerprint density at radius 2 is 2.24 bits per heavy atom. The smallest absolute Gasteiger partial charge is 0.260 e. The van der Waals surface area contributed by atoms with Crippen molar-refractivity contribution in [1.82, 2.24) is 5.16 Å².